The molecule has 1 heterocycles. The highest BCUT2D eigenvalue weighted by Gasteiger charge is 2.20. The van der Waals surface area contributed by atoms with E-state index in [2.05, 4.69) is 0 Å². The van der Waals surface area contributed by atoms with Crippen LogP contribution in [-0.2, 0) is 0 Å². The second-order valence-corrected chi connectivity index (χ2v) is 5.31. The molecule has 0 amide bonds. The number of carbonyl (C=O) groups is 1. The van der Waals surface area contributed by atoms with Crippen molar-refractivity contribution in [1.29, 1.82) is 0 Å². The summed E-state index contributed by atoms with van der Waals surface area (Å²) in [6.07, 6.45) is 0. The molecule has 0 unspecified atom stereocenters. The van der Waals surface area contributed by atoms with Crippen LogP contribution in [0.3, 0.4) is 0 Å². The molecule has 24 heavy (non-hydrogen) atoms. The molecule has 0 saturated heterocycles. The number of rotatable bonds is 4. The van der Waals surface area contributed by atoms with Crippen LogP contribution in [0.5, 0.6) is 0 Å². The zero-order valence-electron chi connectivity index (χ0n) is 12.8. The van der Waals surface area contributed by atoms with Crippen molar-refractivity contribution in [2.24, 2.45) is 0 Å². The summed E-state index contributed by atoms with van der Waals surface area (Å²) >= 11 is 0. The van der Waals surface area contributed by atoms with Crippen LogP contribution in [0.25, 0.3) is 16.9 Å². The van der Waals surface area contributed by atoms with Gasteiger partial charge >= 0.3 is 5.97 Å². The largest absolute Gasteiger partial charge is 0.478 e. The maximum atomic E-state index is 11.5. The molecule has 6 nitrogen and oxygen atoms in total. The molecule has 0 aliphatic carbocycles. The predicted molar refractivity (Wildman–Crippen MR) is 89.6 cm³/mol. The molecule has 2 aromatic carbocycles. The molecule has 3 aromatic rings. The van der Waals surface area contributed by atoms with Gasteiger partial charge in [-0.25, -0.2) is 4.79 Å². The quantitative estimate of drug-likeness (QED) is 0.580. The molecule has 0 saturated carbocycles. The van der Waals surface area contributed by atoms with E-state index in [1.807, 2.05) is 30.3 Å². The molecule has 6 heteroatoms. The van der Waals surface area contributed by atoms with E-state index in [-0.39, 0.29) is 11.3 Å². The number of nitro groups is 1. The van der Waals surface area contributed by atoms with E-state index in [1.165, 1.54) is 12.1 Å². The minimum absolute atomic E-state index is 0.0449. The van der Waals surface area contributed by atoms with Gasteiger partial charge in [0, 0.05) is 17.8 Å². The summed E-state index contributed by atoms with van der Waals surface area (Å²) in [5.41, 5.74) is 2.69. The Bertz CT molecular complexity index is 929. The van der Waals surface area contributed by atoms with E-state index in [0.29, 0.717) is 17.1 Å². The molecule has 120 valence electrons. The van der Waals surface area contributed by atoms with Gasteiger partial charge in [-0.3, -0.25) is 10.1 Å². The average molecular weight is 322 g/mol. The van der Waals surface area contributed by atoms with E-state index in [0.717, 1.165) is 5.56 Å². The zero-order valence-corrected chi connectivity index (χ0v) is 12.8. The van der Waals surface area contributed by atoms with Gasteiger partial charge in [0.2, 0.25) is 0 Å². The Kier molecular flexibility index (Phi) is 3.87. The van der Waals surface area contributed by atoms with Crippen molar-refractivity contribution in [2.45, 2.75) is 6.92 Å². The highest BCUT2D eigenvalue weighted by Crippen LogP contribution is 2.30. The summed E-state index contributed by atoms with van der Waals surface area (Å²) in [5, 5.41) is 20.5. The number of benzene rings is 2. The van der Waals surface area contributed by atoms with Crippen LogP contribution in [0.4, 0.5) is 5.69 Å². The van der Waals surface area contributed by atoms with Crippen LogP contribution in [0, 0.1) is 17.0 Å². The number of carboxylic acids is 1. The number of aromatic carboxylic acids is 1. The van der Waals surface area contributed by atoms with E-state index in [1.54, 1.807) is 29.7 Å². The van der Waals surface area contributed by atoms with Gasteiger partial charge in [-0.2, -0.15) is 0 Å². The Morgan fingerprint density at radius 1 is 1.08 bits per heavy atom. The topological polar surface area (TPSA) is 85.4 Å². The molecular formula is C18H14N2O4. The van der Waals surface area contributed by atoms with Crippen molar-refractivity contribution in [3.8, 4) is 16.9 Å². The molecule has 0 aliphatic rings. The normalized spacial score (nSPS) is 10.5. The summed E-state index contributed by atoms with van der Waals surface area (Å²) in [7, 11) is 0. The summed E-state index contributed by atoms with van der Waals surface area (Å²) in [6, 6.07) is 17.1. The van der Waals surface area contributed by atoms with Crippen molar-refractivity contribution in [3.05, 3.63) is 82.0 Å². The summed E-state index contributed by atoms with van der Waals surface area (Å²) in [4.78, 5) is 22.1. The van der Waals surface area contributed by atoms with Crippen LogP contribution in [0.15, 0.2) is 60.7 Å². The third kappa shape index (κ3) is 2.65. The van der Waals surface area contributed by atoms with E-state index >= 15 is 0 Å². The van der Waals surface area contributed by atoms with Crippen molar-refractivity contribution < 1.29 is 14.8 Å². The van der Waals surface area contributed by atoms with E-state index < -0.39 is 10.9 Å². The molecule has 1 aromatic heterocycles. The van der Waals surface area contributed by atoms with Crippen LogP contribution < -0.4 is 0 Å². The van der Waals surface area contributed by atoms with Crippen molar-refractivity contribution in [3.63, 3.8) is 0 Å². The second-order valence-electron chi connectivity index (χ2n) is 5.31. The lowest BCUT2D eigenvalue weighted by molar-refractivity contribution is -0.384. The Hall–Kier alpha value is -3.41. The number of hydrogen-bond donors (Lipinski definition) is 1. The number of nitro benzene ring substituents is 1. The zero-order chi connectivity index (χ0) is 17.3. The fourth-order valence-electron chi connectivity index (χ4n) is 2.72. The first-order chi connectivity index (χ1) is 11.5. The predicted octanol–water partition coefficient (Wildman–Crippen LogP) is 4.06. The van der Waals surface area contributed by atoms with Crippen LogP contribution >= 0.6 is 0 Å². The number of aromatic nitrogens is 1. The van der Waals surface area contributed by atoms with Gasteiger partial charge < -0.3 is 9.67 Å². The van der Waals surface area contributed by atoms with Crippen molar-refractivity contribution in [1.82, 2.24) is 4.57 Å². The number of carboxylic acid groups (broad SMARTS) is 1. The maximum Gasteiger partial charge on any atom is 0.337 e. The third-order valence-electron chi connectivity index (χ3n) is 3.85. The SMILES string of the molecule is Cc1c(C(=O)O)cc(-c2ccccc2)n1-c1cccc([N+](=O)[O-])c1. The molecule has 0 bridgehead atoms. The first-order valence-electron chi connectivity index (χ1n) is 7.25. The van der Waals surface area contributed by atoms with Gasteiger partial charge in [0.05, 0.1) is 21.9 Å². The van der Waals surface area contributed by atoms with Gasteiger partial charge in [-0.15, -0.1) is 0 Å². The second kappa shape index (κ2) is 6.00. The molecule has 0 fully saturated rings. The standard InChI is InChI=1S/C18H14N2O4/c1-12-16(18(21)22)11-17(13-6-3-2-4-7-13)19(12)14-8-5-9-15(10-14)20(23)24/h2-11H,1H3,(H,21,22). The van der Waals surface area contributed by atoms with Crippen LogP contribution in [0.2, 0.25) is 0 Å². The van der Waals surface area contributed by atoms with Crippen LogP contribution in [-0.4, -0.2) is 20.6 Å². The minimum atomic E-state index is -1.03. The minimum Gasteiger partial charge on any atom is -0.478 e. The van der Waals surface area contributed by atoms with Crippen molar-refractivity contribution >= 4 is 11.7 Å². The summed E-state index contributed by atoms with van der Waals surface area (Å²) in [5.74, 6) is -1.03. The lowest BCUT2D eigenvalue weighted by Crippen LogP contribution is -2.03. The van der Waals surface area contributed by atoms with Gasteiger partial charge in [-0.1, -0.05) is 36.4 Å². The number of nitrogens with zero attached hydrogens (tertiary/aromatic N) is 2. The van der Waals surface area contributed by atoms with Gasteiger partial charge in [0.15, 0.2) is 0 Å². The fraction of sp³-hybridized carbons (Fsp3) is 0.0556. The molecule has 1 N–H and O–H groups in total. The fourth-order valence-corrected chi connectivity index (χ4v) is 2.72. The molecule has 3 rings (SSSR count). The third-order valence-corrected chi connectivity index (χ3v) is 3.85. The lowest BCUT2D eigenvalue weighted by atomic mass is 10.1. The summed E-state index contributed by atoms with van der Waals surface area (Å²) in [6.45, 7) is 1.69. The molecule has 0 aliphatic heterocycles. The number of hydrogen-bond acceptors (Lipinski definition) is 3. The molecule has 0 atom stereocenters. The molecule has 0 radical (unpaired) electrons. The molecule has 0 spiro atoms. The number of non-ortho nitro benzene ring substituents is 1. The Balaban J connectivity index is 2.28. The van der Waals surface area contributed by atoms with Crippen molar-refractivity contribution in [2.75, 3.05) is 0 Å². The lowest BCUT2D eigenvalue weighted by Gasteiger charge is -2.12. The Labute approximate surface area is 137 Å². The van der Waals surface area contributed by atoms with E-state index in [9.17, 15) is 20.0 Å². The monoisotopic (exact) mass is 322 g/mol. The van der Waals surface area contributed by atoms with Gasteiger partial charge in [0.1, 0.15) is 0 Å². The first kappa shape index (κ1) is 15.5. The Morgan fingerprint density at radius 2 is 1.79 bits per heavy atom. The van der Waals surface area contributed by atoms with Gasteiger partial charge in [0.25, 0.3) is 5.69 Å². The highest BCUT2D eigenvalue weighted by molar-refractivity contribution is 5.91. The maximum absolute atomic E-state index is 11.5. The van der Waals surface area contributed by atoms with E-state index in [4.69, 9.17) is 0 Å². The average Bonchev–Trinajstić information content (AvgIpc) is 2.93. The van der Waals surface area contributed by atoms with Crippen LogP contribution in [0.1, 0.15) is 16.1 Å². The summed E-state index contributed by atoms with van der Waals surface area (Å²) < 4.78 is 1.73. The molecular weight excluding hydrogens is 308 g/mol. The Morgan fingerprint density at radius 3 is 2.42 bits per heavy atom. The first-order valence-corrected chi connectivity index (χ1v) is 7.25. The smallest absolute Gasteiger partial charge is 0.337 e. The highest BCUT2D eigenvalue weighted by atomic mass is 16.6. The van der Waals surface area contributed by atoms with Gasteiger partial charge in [-0.05, 0) is 24.6 Å².